The Kier molecular flexibility index (Phi) is 3.20. The lowest BCUT2D eigenvalue weighted by molar-refractivity contribution is -0.0253. The quantitative estimate of drug-likeness (QED) is 0.831. The summed E-state index contributed by atoms with van der Waals surface area (Å²) in [4.78, 5) is 2.73. The van der Waals surface area contributed by atoms with Gasteiger partial charge >= 0.3 is 0 Å². The summed E-state index contributed by atoms with van der Waals surface area (Å²) in [6, 6.07) is 0. The summed E-state index contributed by atoms with van der Waals surface area (Å²) < 4.78 is 5.86. The highest BCUT2D eigenvalue weighted by Gasteiger charge is 2.50. The second-order valence-corrected chi connectivity index (χ2v) is 7.38. The van der Waals surface area contributed by atoms with Crippen LogP contribution in [0.1, 0.15) is 46.5 Å². The molecule has 0 spiro atoms. The van der Waals surface area contributed by atoms with E-state index in [1.807, 2.05) is 0 Å². The second kappa shape index (κ2) is 4.46. The minimum atomic E-state index is 0.243. The van der Waals surface area contributed by atoms with Crippen LogP contribution in [0.5, 0.6) is 0 Å². The summed E-state index contributed by atoms with van der Waals surface area (Å²) in [5, 5.41) is 3.74. The molecule has 2 aliphatic heterocycles. The fourth-order valence-corrected chi connectivity index (χ4v) is 3.66. The van der Waals surface area contributed by atoms with Gasteiger partial charge in [0.05, 0.1) is 6.10 Å². The normalized spacial score (nSPS) is 41.2. The van der Waals surface area contributed by atoms with Crippen LogP contribution >= 0.6 is 0 Å². The molecule has 3 fully saturated rings. The fraction of sp³-hybridized carbons (Fsp3) is 1.00. The van der Waals surface area contributed by atoms with E-state index in [0.717, 1.165) is 32.2 Å². The number of hydrogen-bond acceptors (Lipinski definition) is 3. The Bertz CT molecular complexity index is 308. The Hall–Kier alpha value is -0.120. The molecular formula is C15H28N2O. The van der Waals surface area contributed by atoms with Crippen molar-refractivity contribution in [2.24, 2.45) is 5.92 Å². The maximum Gasteiger partial charge on any atom is 0.0703 e. The van der Waals surface area contributed by atoms with Gasteiger partial charge in [0.2, 0.25) is 0 Å². The number of nitrogens with one attached hydrogen (secondary N) is 1. The number of nitrogens with zero attached hydrogens (tertiary/aromatic N) is 1. The Balaban J connectivity index is 1.71. The highest BCUT2D eigenvalue weighted by molar-refractivity contribution is 5.07. The molecule has 3 rings (SSSR count). The predicted octanol–water partition coefficient (Wildman–Crippen LogP) is 2.02. The Morgan fingerprint density at radius 3 is 2.61 bits per heavy atom. The van der Waals surface area contributed by atoms with Crippen molar-refractivity contribution >= 4 is 0 Å². The average Bonchev–Trinajstić information content (AvgIpc) is 3.04. The lowest BCUT2D eigenvalue weighted by Gasteiger charge is -2.52. The number of rotatable bonds is 3. The van der Waals surface area contributed by atoms with Crippen molar-refractivity contribution in [1.82, 2.24) is 10.2 Å². The predicted molar refractivity (Wildman–Crippen MR) is 73.8 cm³/mol. The van der Waals surface area contributed by atoms with Gasteiger partial charge in [-0.3, -0.25) is 4.90 Å². The molecule has 18 heavy (non-hydrogen) atoms. The second-order valence-electron chi connectivity index (χ2n) is 7.38. The molecule has 2 heterocycles. The van der Waals surface area contributed by atoms with Crippen LogP contribution in [0.25, 0.3) is 0 Å². The first kappa shape index (κ1) is 12.9. The van der Waals surface area contributed by atoms with E-state index >= 15 is 0 Å². The molecule has 2 atom stereocenters. The third-order valence-corrected chi connectivity index (χ3v) is 5.14. The van der Waals surface area contributed by atoms with Crippen LogP contribution in [0.3, 0.4) is 0 Å². The van der Waals surface area contributed by atoms with Gasteiger partial charge in [0.1, 0.15) is 0 Å². The summed E-state index contributed by atoms with van der Waals surface area (Å²) in [5.41, 5.74) is 0.606. The van der Waals surface area contributed by atoms with Crippen LogP contribution in [0.2, 0.25) is 0 Å². The van der Waals surface area contributed by atoms with Gasteiger partial charge in [-0.1, -0.05) is 0 Å². The molecule has 2 unspecified atom stereocenters. The highest BCUT2D eigenvalue weighted by atomic mass is 16.5. The number of ether oxygens (including phenoxy) is 1. The fourth-order valence-electron chi connectivity index (χ4n) is 3.66. The molecule has 0 aromatic heterocycles. The summed E-state index contributed by atoms with van der Waals surface area (Å²) >= 11 is 0. The molecule has 0 bridgehead atoms. The molecule has 0 radical (unpaired) electrons. The van der Waals surface area contributed by atoms with E-state index in [1.165, 1.54) is 25.7 Å². The largest absolute Gasteiger partial charge is 0.377 e. The van der Waals surface area contributed by atoms with Gasteiger partial charge in [-0.05, 0) is 52.4 Å². The molecular weight excluding hydrogens is 224 g/mol. The van der Waals surface area contributed by atoms with E-state index in [1.54, 1.807) is 0 Å². The van der Waals surface area contributed by atoms with Crippen molar-refractivity contribution in [3.8, 4) is 0 Å². The van der Waals surface area contributed by atoms with E-state index in [-0.39, 0.29) is 5.54 Å². The lowest BCUT2D eigenvalue weighted by atomic mass is 9.85. The van der Waals surface area contributed by atoms with Crippen molar-refractivity contribution in [2.75, 3.05) is 26.2 Å². The average molecular weight is 252 g/mol. The van der Waals surface area contributed by atoms with E-state index < -0.39 is 0 Å². The summed E-state index contributed by atoms with van der Waals surface area (Å²) in [7, 11) is 0. The molecule has 3 nitrogen and oxygen atoms in total. The third kappa shape index (κ3) is 2.45. The van der Waals surface area contributed by atoms with Crippen molar-refractivity contribution < 1.29 is 4.74 Å². The molecule has 0 aromatic carbocycles. The first-order valence-corrected chi connectivity index (χ1v) is 7.61. The molecule has 1 aliphatic carbocycles. The van der Waals surface area contributed by atoms with Gasteiger partial charge in [-0.2, -0.15) is 0 Å². The van der Waals surface area contributed by atoms with Crippen LogP contribution in [0, 0.1) is 5.92 Å². The zero-order chi connectivity index (χ0) is 12.8. The standard InChI is InChI=1S/C15H28N2O/c1-14(2)11-17(9-13-5-4-8-18-13)15(3,10-16-14)12-6-7-12/h12-13,16H,4-11H2,1-3H3. The molecule has 0 aromatic rings. The highest BCUT2D eigenvalue weighted by Crippen LogP contribution is 2.45. The summed E-state index contributed by atoms with van der Waals surface area (Å²) in [5.74, 6) is 0.905. The van der Waals surface area contributed by atoms with Gasteiger partial charge in [0.25, 0.3) is 0 Å². The number of piperazine rings is 1. The SMILES string of the molecule is CC1(C)CN(CC2CCCO2)C(C)(C2CC2)CN1. The van der Waals surface area contributed by atoms with Crippen LogP contribution in [-0.4, -0.2) is 48.3 Å². The molecule has 104 valence electrons. The van der Waals surface area contributed by atoms with Crippen LogP contribution < -0.4 is 5.32 Å². The van der Waals surface area contributed by atoms with Crippen LogP contribution in [0.15, 0.2) is 0 Å². The molecule has 3 heteroatoms. The van der Waals surface area contributed by atoms with Crippen molar-refractivity contribution in [3.63, 3.8) is 0 Å². The van der Waals surface area contributed by atoms with Gasteiger partial charge in [-0.25, -0.2) is 0 Å². The first-order valence-electron chi connectivity index (χ1n) is 7.61. The minimum Gasteiger partial charge on any atom is -0.377 e. The molecule has 3 aliphatic rings. The van der Waals surface area contributed by atoms with Crippen molar-refractivity contribution in [3.05, 3.63) is 0 Å². The van der Waals surface area contributed by atoms with E-state index in [4.69, 9.17) is 4.74 Å². The van der Waals surface area contributed by atoms with Crippen molar-refractivity contribution in [1.29, 1.82) is 0 Å². The van der Waals surface area contributed by atoms with Gasteiger partial charge < -0.3 is 10.1 Å². The number of hydrogen-bond donors (Lipinski definition) is 1. The zero-order valence-corrected chi connectivity index (χ0v) is 12.2. The summed E-state index contributed by atoms with van der Waals surface area (Å²) in [6.45, 7) is 11.5. The first-order chi connectivity index (χ1) is 8.50. The molecule has 2 saturated heterocycles. The maximum absolute atomic E-state index is 5.86. The van der Waals surface area contributed by atoms with Gasteiger partial charge in [0, 0.05) is 37.3 Å². The van der Waals surface area contributed by atoms with Gasteiger partial charge in [0.15, 0.2) is 0 Å². The smallest absolute Gasteiger partial charge is 0.0703 e. The minimum absolute atomic E-state index is 0.243. The van der Waals surface area contributed by atoms with E-state index in [2.05, 4.69) is 31.0 Å². The Morgan fingerprint density at radius 1 is 1.22 bits per heavy atom. The monoisotopic (exact) mass is 252 g/mol. The van der Waals surface area contributed by atoms with E-state index in [0.29, 0.717) is 11.6 Å². The lowest BCUT2D eigenvalue weighted by Crippen LogP contribution is -2.68. The molecule has 0 amide bonds. The maximum atomic E-state index is 5.86. The van der Waals surface area contributed by atoms with Crippen LogP contribution in [-0.2, 0) is 4.74 Å². The topological polar surface area (TPSA) is 24.5 Å². The van der Waals surface area contributed by atoms with Crippen LogP contribution in [0.4, 0.5) is 0 Å². The zero-order valence-electron chi connectivity index (χ0n) is 12.2. The molecule has 1 saturated carbocycles. The van der Waals surface area contributed by atoms with E-state index in [9.17, 15) is 0 Å². The Morgan fingerprint density at radius 2 is 2.00 bits per heavy atom. The Labute approximate surface area is 111 Å². The van der Waals surface area contributed by atoms with Gasteiger partial charge in [-0.15, -0.1) is 0 Å². The summed E-state index contributed by atoms with van der Waals surface area (Å²) in [6.07, 6.45) is 5.82. The van der Waals surface area contributed by atoms with Crippen molar-refractivity contribution in [2.45, 2.75) is 63.6 Å². The third-order valence-electron chi connectivity index (χ3n) is 5.14. The molecule has 1 N–H and O–H groups in total.